The number of rotatable bonds is 5. The second kappa shape index (κ2) is 8.10. The summed E-state index contributed by atoms with van der Waals surface area (Å²) >= 11 is 0. The second-order valence-corrected chi connectivity index (χ2v) is 9.43. The fourth-order valence-electron chi connectivity index (χ4n) is 3.58. The first kappa shape index (κ1) is 21.2. The van der Waals surface area contributed by atoms with E-state index in [0.29, 0.717) is 26.2 Å². The lowest BCUT2D eigenvalue weighted by Gasteiger charge is -2.40. The van der Waals surface area contributed by atoms with Crippen LogP contribution in [0, 0.1) is 0 Å². The van der Waals surface area contributed by atoms with Gasteiger partial charge in [-0.2, -0.15) is 8.78 Å². The van der Waals surface area contributed by atoms with Crippen molar-refractivity contribution < 1.29 is 22.0 Å². The van der Waals surface area contributed by atoms with Crippen LogP contribution in [0.25, 0.3) is 0 Å². The van der Waals surface area contributed by atoms with E-state index in [1.54, 1.807) is 15.9 Å². The number of sulfone groups is 1. The van der Waals surface area contributed by atoms with Gasteiger partial charge in [-0.05, 0) is 31.5 Å². The van der Waals surface area contributed by atoms with Crippen LogP contribution in [0.2, 0.25) is 0 Å². The maximum absolute atomic E-state index is 13.1. The predicted octanol–water partition coefficient (Wildman–Crippen LogP) is 3.31. The molecule has 1 aliphatic heterocycles. The van der Waals surface area contributed by atoms with E-state index in [0.717, 1.165) is 5.56 Å². The standard InChI is InChI=1S/C21H24F2N2O3S/c1-21(2,16-8-4-3-5-9-16)19(26)25-14-12-24(13-15-25)17-10-6-7-11-18(17)29(27,28)20(22)23/h3-11,20H,12-15H2,1-2H3. The van der Waals surface area contributed by atoms with Gasteiger partial charge in [-0.25, -0.2) is 8.42 Å². The van der Waals surface area contributed by atoms with E-state index >= 15 is 0 Å². The number of amides is 1. The highest BCUT2D eigenvalue weighted by Gasteiger charge is 2.36. The highest BCUT2D eigenvalue weighted by atomic mass is 32.2. The highest BCUT2D eigenvalue weighted by molar-refractivity contribution is 7.91. The van der Waals surface area contributed by atoms with Gasteiger partial charge in [0.25, 0.3) is 0 Å². The zero-order valence-corrected chi connectivity index (χ0v) is 17.2. The van der Waals surface area contributed by atoms with Crippen molar-refractivity contribution in [2.24, 2.45) is 0 Å². The Morgan fingerprint density at radius 3 is 2.07 bits per heavy atom. The summed E-state index contributed by atoms with van der Waals surface area (Å²) in [4.78, 5) is 16.2. The Morgan fingerprint density at radius 2 is 1.48 bits per heavy atom. The number of nitrogens with zero attached hydrogens (tertiary/aromatic N) is 2. The van der Waals surface area contributed by atoms with Crippen LogP contribution in [-0.4, -0.2) is 51.2 Å². The van der Waals surface area contributed by atoms with Crippen LogP contribution in [0.5, 0.6) is 0 Å². The van der Waals surface area contributed by atoms with E-state index in [9.17, 15) is 22.0 Å². The number of hydrogen-bond donors (Lipinski definition) is 0. The normalized spacial score (nSPS) is 15.6. The number of alkyl halides is 2. The summed E-state index contributed by atoms with van der Waals surface area (Å²) in [7, 11) is -4.70. The Labute approximate surface area is 169 Å². The molecule has 2 aromatic rings. The van der Waals surface area contributed by atoms with Gasteiger partial charge in [0.2, 0.25) is 15.7 Å². The predicted molar refractivity (Wildman–Crippen MR) is 108 cm³/mol. The first-order valence-corrected chi connectivity index (χ1v) is 10.9. The second-order valence-electron chi connectivity index (χ2n) is 7.54. The number of hydrogen-bond acceptors (Lipinski definition) is 4. The molecule has 1 aliphatic rings. The van der Waals surface area contributed by atoms with Crippen molar-refractivity contribution in [3.05, 3.63) is 60.2 Å². The molecular weight excluding hydrogens is 398 g/mol. The van der Waals surface area contributed by atoms with Crippen molar-refractivity contribution in [1.29, 1.82) is 0 Å². The first-order chi connectivity index (χ1) is 13.7. The Bertz CT molecular complexity index is 970. The highest BCUT2D eigenvalue weighted by Crippen LogP contribution is 2.31. The molecule has 8 heteroatoms. The number of benzene rings is 2. The maximum atomic E-state index is 13.1. The molecule has 1 saturated heterocycles. The van der Waals surface area contributed by atoms with Crippen molar-refractivity contribution in [3.63, 3.8) is 0 Å². The summed E-state index contributed by atoms with van der Waals surface area (Å²) in [6, 6.07) is 15.3. The molecule has 0 aliphatic carbocycles. The average Bonchev–Trinajstić information content (AvgIpc) is 2.74. The molecule has 0 unspecified atom stereocenters. The molecule has 3 rings (SSSR count). The van der Waals surface area contributed by atoms with E-state index < -0.39 is 21.0 Å². The van der Waals surface area contributed by atoms with Gasteiger partial charge in [0.05, 0.1) is 16.0 Å². The van der Waals surface area contributed by atoms with Gasteiger partial charge in [-0.15, -0.1) is 0 Å². The lowest BCUT2D eigenvalue weighted by molar-refractivity contribution is -0.136. The van der Waals surface area contributed by atoms with E-state index in [2.05, 4.69) is 0 Å². The number of para-hydroxylation sites is 1. The molecule has 1 heterocycles. The minimum absolute atomic E-state index is 0.0168. The van der Waals surface area contributed by atoms with Crippen LogP contribution >= 0.6 is 0 Å². The van der Waals surface area contributed by atoms with Crippen molar-refractivity contribution >= 4 is 21.4 Å². The number of carbonyl (C=O) groups excluding carboxylic acids is 1. The molecule has 0 radical (unpaired) electrons. The Kier molecular flexibility index (Phi) is 5.93. The third kappa shape index (κ3) is 4.12. The number of carbonyl (C=O) groups is 1. The van der Waals surface area contributed by atoms with Crippen molar-refractivity contribution in [2.45, 2.75) is 29.9 Å². The molecule has 0 aromatic heterocycles. The van der Waals surface area contributed by atoms with Crippen LogP contribution in [0.4, 0.5) is 14.5 Å². The lowest BCUT2D eigenvalue weighted by atomic mass is 9.83. The molecular formula is C21H24F2N2O3S. The molecule has 0 spiro atoms. The minimum atomic E-state index is -4.70. The molecule has 29 heavy (non-hydrogen) atoms. The van der Waals surface area contributed by atoms with Gasteiger partial charge in [0, 0.05) is 26.2 Å². The largest absolute Gasteiger partial charge is 0.367 e. The van der Waals surface area contributed by atoms with Crippen LogP contribution in [0.3, 0.4) is 0 Å². The lowest BCUT2D eigenvalue weighted by Crippen LogP contribution is -2.53. The van der Waals surface area contributed by atoms with Crippen molar-refractivity contribution in [2.75, 3.05) is 31.1 Å². The third-order valence-corrected chi connectivity index (χ3v) is 6.77. The summed E-state index contributed by atoms with van der Waals surface area (Å²) in [6.45, 7) is 5.26. The maximum Gasteiger partial charge on any atom is 0.341 e. The molecule has 5 nitrogen and oxygen atoms in total. The van der Waals surface area contributed by atoms with Crippen molar-refractivity contribution in [3.8, 4) is 0 Å². The molecule has 0 atom stereocenters. The van der Waals surface area contributed by atoms with Gasteiger partial charge >= 0.3 is 5.76 Å². The zero-order chi connectivity index (χ0) is 21.2. The molecule has 0 bridgehead atoms. The Hall–Kier alpha value is -2.48. The monoisotopic (exact) mass is 422 g/mol. The van der Waals surface area contributed by atoms with Gasteiger partial charge in [-0.1, -0.05) is 42.5 Å². The number of anilines is 1. The van der Waals surface area contributed by atoms with Gasteiger partial charge in [-0.3, -0.25) is 4.79 Å². The molecule has 1 amide bonds. The molecule has 1 fully saturated rings. The minimum Gasteiger partial charge on any atom is -0.367 e. The van der Waals surface area contributed by atoms with E-state index in [1.807, 2.05) is 44.2 Å². The molecule has 0 N–H and O–H groups in total. The Balaban J connectivity index is 1.76. The van der Waals surface area contributed by atoms with E-state index in [4.69, 9.17) is 0 Å². The zero-order valence-electron chi connectivity index (χ0n) is 16.4. The average molecular weight is 422 g/mol. The first-order valence-electron chi connectivity index (χ1n) is 9.36. The van der Waals surface area contributed by atoms with Crippen LogP contribution in [0.15, 0.2) is 59.5 Å². The van der Waals surface area contributed by atoms with Crippen molar-refractivity contribution in [1.82, 2.24) is 4.90 Å². The fraction of sp³-hybridized carbons (Fsp3) is 0.381. The summed E-state index contributed by atoms with van der Waals surface area (Å²) in [5.41, 5.74) is 0.475. The SMILES string of the molecule is CC(C)(C(=O)N1CCN(c2ccccc2S(=O)(=O)C(F)F)CC1)c1ccccc1. The van der Waals surface area contributed by atoms with Gasteiger partial charge < -0.3 is 9.80 Å². The summed E-state index contributed by atoms with van der Waals surface area (Å²) < 4.78 is 50.1. The topological polar surface area (TPSA) is 57.7 Å². The van der Waals surface area contributed by atoms with Gasteiger partial charge in [0.1, 0.15) is 0 Å². The van der Waals surface area contributed by atoms with Crippen LogP contribution < -0.4 is 4.90 Å². The molecule has 156 valence electrons. The Morgan fingerprint density at radius 1 is 0.931 bits per heavy atom. The fourth-order valence-corrected chi connectivity index (χ4v) is 4.53. The number of halogens is 2. The van der Waals surface area contributed by atoms with Crippen LogP contribution in [-0.2, 0) is 20.0 Å². The summed E-state index contributed by atoms with van der Waals surface area (Å²) in [6.07, 6.45) is 0. The number of piperazine rings is 1. The van der Waals surface area contributed by atoms with Gasteiger partial charge in [0.15, 0.2) is 0 Å². The van der Waals surface area contributed by atoms with E-state index in [1.165, 1.54) is 18.2 Å². The van der Waals surface area contributed by atoms with E-state index in [-0.39, 0.29) is 16.5 Å². The molecule has 0 saturated carbocycles. The third-order valence-electron chi connectivity index (χ3n) is 5.34. The summed E-state index contributed by atoms with van der Waals surface area (Å²) in [5.74, 6) is -3.49. The quantitative estimate of drug-likeness (QED) is 0.742. The van der Waals surface area contributed by atoms with Crippen LogP contribution in [0.1, 0.15) is 19.4 Å². The smallest absolute Gasteiger partial charge is 0.341 e. The molecule has 2 aromatic carbocycles. The summed E-state index contributed by atoms with van der Waals surface area (Å²) in [5, 5.41) is 0.